The van der Waals surface area contributed by atoms with Crippen LogP contribution in [-0.2, 0) is 0 Å². The molecule has 5 heteroatoms. The van der Waals surface area contributed by atoms with Crippen LogP contribution in [0.1, 0.15) is 0 Å². The van der Waals surface area contributed by atoms with Crippen molar-refractivity contribution < 1.29 is 4.42 Å². The number of oxazole rings is 1. The molecule has 16 heavy (non-hydrogen) atoms. The summed E-state index contributed by atoms with van der Waals surface area (Å²) in [5.74, 6) is 0.480. The number of nitrogen functional groups attached to an aromatic ring is 1. The van der Waals surface area contributed by atoms with Gasteiger partial charge in [-0.1, -0.05) is 0 Å². The molecule has 0 aromatic carbocycles. The van der Waals surface area contributed by atoms with Gasteiger partial charge in [-0.2, -0.15) is 4.98 Å². The number of fused-ring (bicyclic) bond motifs is 1. The molecule has 0 atom stereocenters. The highest BCUT2D eigenvalue weighted by Crippen LogP contribution is 2.23. The monoisotopic (exact) mass is 212 g/mol. The van der Waals surface area contributed by atoms with E-state index in [0.717, 1.165) is 5.56 Å². The number of rotatable bonds is 1. The topological polar surface area (TPSA) is 77.8 Å². The number of anilines is 1. The molecule has 0 saturated heterocycles. The smallest absolute Gasteiger partial charge is 0.230 e. The molecule has 0 amide bonds. The zero-order valence-electron chi connectivity index (χ0n) is 8.29. The Morgan fingerprint density at radius 3 is 3.00 bits per heavy atom. The summed E-state index contributed by atoms with van der Waals surface area (Å²) >= 11 is 0. The van der Waals surface area contributed by atoms with Gasteiger partial charge < -0.3 is 10.2 Å². The number of aromatic nitrogens is 3. The number of hydrogen-bond acceptors (Lipinski definition) is 5. The quantitative estimate of drug-likeness (QED) is 0.666. The zero-order chi connectivity index (χ0) is 11.0. The van der Waals surface area contributed by atoms with Gasteiger partial charge in [-0.25, -0.2) is 4.98 Å². The minimum Gasteiger partial charge on any atom is -0.434 e. The molecule has 0 spiro atoms. The van der Waals surface area contributed by atoms with Gasteiger partial charge in [0.15, 0.2) is 11.2 Å². The van der Waals surface area contributed by atoms with Gasteiger partial charge >= 0.3 is 0 Å². The van der Waals surface area contributed by atoms with E-state index in [2.05, 4.69) is 15.0 Å². The van der Waals surface area contributed by atoms with Crippen molar-refractivity contribution in [3.8, 4) is 11.5 Å². The van der Waals surface area contributed by atoms with Crippen LogP contribution in [0.2, 0.25) is 0 Å². The van der Waals surface area contributed by atoms with E-state index in [9.17, 15) is 0 Å². The number of pyridine rings is 2. The number of hydrogen-bond donors (Lipinski definition) is 1. The van der Waals surface area contributed by atoms with Crippen LogP contribution in [0, 0.1) is 0 Å². The lowest BCUT2D eigenvalue weighted by molar-refractivity contribution is 0.619. The molecule has 3 aromatic heterocycles. The molecule has 0 bridgehead atoms. The highest BCUT2D eigenvalue weighted by Gasteiger charge is 2.08. The van der Waals surface area contributed by atoms with Crippen LogP contribution in [0.4, 0.5) is 5.69 Å². The van der Waals surface area contributed by atoms with Gasteiger partial charge in [-0.15, -0.1) is 0 Å². The zero-order valence-corrected chi connectivity index (χ0v) is 8.29. The first-order chi connectivity index (χ1) is 7.83. The molecule has 3 aromatic rings. The highest BCUT2D eigenvalue weighted by atomic mass is 16.3. The third-order valence-corrected chi connectivity index (χ3v) is 2.17. The Labute approximate surface area is 91.0 Å². The van der Waals surface area contributed by atoms with Crippen molar-refractivity contribution in [2.24, 2.45) is 0 Å². The van der Waals surface area contributed by atoms with Gasteiger partial charge in [0.2, 0.25) is 5.89 Å². The van der Waals surface area contributed by atoms with E-state index in [0.29, 0.717) is 22.8 Å². The predicted molar refractivity (Wildman–Crippen MR) is 59.4 cm³/mol. The molecule has 5 nitrogen and oxygen atoms in total. The van der Waals surface area contributed by atoms with Gasteiger partial charge in [-0.05, 0) is 18.2 Å². The van der Waals surface area contributed by atoms with Crippen LogP contribution in [0.15, 0.2) is 41.2 Å². The maximum atomic E-state index is 5.64. The van der Waals surface area contributed by atoms with Gasteiger partial charge in [0, 0.05) is 18.6 Å². The SMILES string of the molecule is Nc1cncc(-c2nc3ncccc3o2)c1. The van der Waals surface area contributed by atoms with Crippen LogP contribution in [0.5, 0.6) is 0 Å². The first-order valence-corrected chi connectivity index (χ1v) is 4.75. The van der Waals surface area contributed by atoms with Crippen molar-refractivity contribution >= 4 is 16.9 Å². The maximum Gasteiger partial charge on any atom is 0.230 e. The Morgan fingerprint density at radius 1 is 1.25 bits per heavy atom. The van der Waals surface area contributed by atoms with Gasteiger partial charge in [0.25, 0.3) is 0 Å². The molecule has 3 heterocycles. The van der Waals surface area contributed by atoms with E-state index in [4.69, 9.17) is 10.2 Å². The summed E-state index contributed by atoms with van der Waals surface area (Å²) in [5, 5.41) is 0. The minimum absolute atomic E-state index is 0.480. The first kappa shape index (κ1) is 8.84. The standard InChI is InChI=1S/C11H8N4O/c12-8-4-7(5-13-6-8)11-15-10-9(16-11)2-1-3-14-10/h1-6H,12H2. The summed E-state index contributed by atoms with van der Waals surface area (Å²) in [4.78, 5) is 12.3. The largest absolute Gasteiger partial charge is 0.434 e. The van der Waals surface area contributed by atoms with Crippen LogP contribution >= 0.6 is 0 Å². The molecule has 0 unspecified atom stereocenters. The lowest BCUT2D eigenvalue weighted by Gasteiger charge is -1.95. The van der Waals surface area contributed by atoms with Gasteiger partial charge in [0.05, 0.1) is 11.3 Å². The fourth-order valence-electron chi connectivity index (χ4n) is 1.47. The van der Waals surface area contributed by atoms with Crippen LogP contribution < -0.4 is 5.73 Å². The van der Waals surface area contributed by atoms with Crippen molar-refractivity contribution in [1.82, 2.24) is 15.0 Å². The molecule has 78 valence electrons. The highest BCUT2D eigenvalue weighted by molar-refractivity contribution is 5.72. The van der Waals surface area contributed by atoms with Crippen LogP contribution in [0.25, 0.3) is 22.7 Å². The van der Waals surface area contributed by atoms with E-state index in [1.165, 1.54) is 0 Å². The van der Waals surface area contributed by atoms with E-state index < -0.39 is 0 Å². The Morgan fingerprint density at radius 2 is 2.19 bits per heavy atom. The van der Waals surface area contributed by atoms with Crippen LogP contribution in [-0.4, -0.2) is 15.0 Å². The minimum atomic E-state index is 0.480. The maximum absolute atomic E-state index is 5.64. The van der Waals surface area contributed by atoms with Crippen molar-refractivity contribution in [2.75, 3.05) is 5.73 Å². The van der Waals surface area contributed by atoms with Crippen LogP contribution in [0.3, 0.4) is 0 Å². The van der Waals surface area contributed by atoms with E-state index in [1.807, 2.05) is 6.07 Å². The fourth-order valence-corrected chi connectivity index (χ4v) is 1.47. The second-order valence-electron chi connectivity index (χ2n) is 3.35. The summed E-state index contributed by atoms with van der Waals surface area (Å²) in [6.45, 7) is 0. The average molecular weight is 212 g/mol. The van der Waals surface area contributed by atoms with Gasteiger partial charge in [-0.3, -0.25) is 4.98 Å². The lowest BCUT2D eigenvalue weighted by atomic mass is 10.3. The van der Waals surface area contributed by atoms with E-state index in [-0.39, 0.29) is 0 Å². The molecule has 3 rings (SSSR count). The van der Waals surface area contributed by atoms with Crippen molar-refractivity contribution in [3.63, 3.8) is 0 Å². The lowest BCUT2D eigenvalue weighted by Crippen LogP contribution is -1.87. The molecule has 0 fully saturated rings. The average Bonchev–Trinajstić information content (AvgIpc) is 2.72. The Hall–Kier alpha value is -2.43. The third-order valence-electron chi connectivity index (χ3n) is 2.17. The number of nitrogens with zero attached hydrogens (tertiary/aromatic N) is 3. The first-order valence-electron chi connectivity index (χ1n) is 4.75. The normalized spacial score (nSPS) is 10.8. The molecular formula is C11H8N4O. The molecule has 0 aliphatic heterocycles. The Bertz CT molecular complexity index is 614. The second kappa shape index (κ2) is 3.30. The number of nitrogens with two attached hydrogens (primary N) is 1. The summed E-state index contributed by atoms with van der Waals surface area (Å²) < 4.78 is 5.54. The van der Waals surface area contributed by atoms with Crippen molar-refractivity contribution in [1.29, 1.82) is 0 Å². The Balaban J connectivity index is 2.19. The summed E-state index contributed by atoms with van der Waals surface area (Å²) in [7, 11) is 0. The molecule has 0 aliphatic carbocycles. The fraction of sp³-hybridized carbons (Fsp3) is 0. The summed E-state index contributed by atoms with van der Waals surface area (Å²) in [5.41, 5.74) is 8.20. The predicted octanol–water partition coefficient (Wildman–Crippen LogP) is 1.87. The molecule has 0 aliphatic rings. The van der Waals surface area contributed by atoms with Gasteiger partial charge in [0.1, 0.15) is 0 Å². The second-order valence-corrected chi connectivity index (χ2v) is 3.35. The van der Waals surface area contributed by atoms with Crippen molar-refractivity contribution in [3.05, 3.63) is 36.8 Å². The molecule has 0 saturated carbocycles. The van der Waals surface area contributed by atoms with E-state index >= 15 is 0 Å². The molecule has 2 N–H and O–H groups in total. The Kier molecular flexibility index (Phi) is 1.83. The summed E-state index contributed by atoms with van der Waals surface area (Å²) in [6, 6.07) is 5.38. The molecular weight excluding hydrogens is 204 g/mol. The molecule has 0 radical (unpaired) electrons. The van der Waals surface area contributed by atoms with E-state index in [1.54, 1.807) is 30.7 Å². The summed E-state index contributed by atoms with van der Waals surface area (Å²) in [6.07, 6.45) is 4.90. The third kappa shape index (κ3) is 1.38. The van der Waals surface area contributed by atoms with Crippen molar-refractivity contribution in [2.45, 2.75) is 0 Å².